The summed E-state index contributed by atoms with van der Waals surface area (Å²) in [5, 5.41) is 19.0. The number of phenols is 2. The molecule has 0 aliphatic carbocycles. The van der Waals surface area contributed by atoms with Crippen LogP contribution in [0.4, 0.5) is 0 Å². The quantitative estimate of drug-likeness (QED) is 0.273. The van der Waals surface area contributed by atoms with Gasteiger partial charge in [0.25, 0.3) is 0 Å². The van der Waals surface area contributed by atoms with E-state index in [1.165, 1.54) is 0 Å². The normalized spacial score (nSPS) is 12.1. The van der Waals surface area contributed by atoms with Crippen molar-refractivity contribution >= 4 is 35.5 Å². The van der Waals surface area contributed by atoms with Gasteiger partial charge in [0.15, 0.2) is 0 Å². The van der Waals surface area contributed by atoms with Gasteiger partial charge in [-0.15, -0.1) is 15.9 Å². The molecule has 2 atom stereocenters. The Kier molecular flexibility index (Phi) is 14.2. The molecule has 0 saturated heterocycles. The van der Waals surface area contributed by atoms with E-state index in [0.29, 0.717) is 0 Å². The van der Waals surface area contributed by atoms with Gasteiger partial charge in [-0.05, 0) is 18.6 Å². The van der Waals surface area contributed by atoms with E-state index in [2.05, 4.69) is 15.9 Å². The van der Waals surface area contributed by atoms with Crippen molar-refractivity contribution in [3.63, 3.8) is 0 Å². The molecule has 5 N–H and O–H groups in total. The molecule has 0 fully saturated rings. The van der Waals surface area contributed by atoms with E-state index in [9.17, 15) is 19.6 Å². The van der Waals surface area contributed by atoms with E-state index in [1.807, 2.05) is 0 Å². The Morgan fingerprint density at radius 3 is 2.05 bits per heavy atom. The van der Waals surface area contributed by atoms with E-state index in [4.69, 9.17) is 4.89 Å². The number of hydrogen-bond donors (Lipinski definition) is 3. The van der Waals surface area contributed by atoms with E-state index >= 15 is 0 Å². The maximum atomic E-state index is 10.8. The summed E-state index contributed by atoms with van der Waals surface area (Å²) in [4.78, 5) is 18.5. The second kappa shape index (κ2) is 11.1. The Morgan fingerprint density at radius 1 is 1.32 bits per heavy atom. The molecule has 0 aliphatic heterocycles. The molecule has 98 valence electrons. The molecule has 0 heterocycles. The van der Waals surface area contributed by atoms with Gasteiger partial charge in [-0.3, -0.25) is 10.9 Å². The molecule has 1 aromatic carbocycles. The van der Waals surface area contributed by atoms with Gasteiger partial charge in [0.1, 0.15) is 11.5 Å². The zero-order valence-electron chi connectivity index (χ0n) is 9.97. The van der Waals surface area contributed by atoms with Gasteiger partial charge >= 0.3 is 19.5 Å². The Labute approximate surface area is 145 Å². The van der Waals surface area contributed by atoms with Crippen LogP contribution in [-0.4, -0.2) is 26.2 Å². The largest absolute Gasteiger partial charge is 2.00 e. The number of nitrogens with two attached hydrogens (primary N) is 1. The van der Waals surface area contributed by atoms with Gasteiger partial charge in [-0.25, -0.2) is 0 Å². The van der Waals surface area contributed by atoms with Crippen LogP contribution in [0.2, 0.25) is 0 Å². The first kappa shape index (κ1) is 24.4. The Balaban J connectivity index is -0.000000853. The molecule has 2 unspecified atom stereocenters. The van der Waals surface area contributed by atoms with Gasteiger partial charge in [0.05, 0.1) is 0 Å². The van der Waals surface area contributed by atoms with Crippen LogP contribution in [0.25, 0.3) is 6.15 Å². The predicted molar refractivity (Wildman–Crippen MR) is 68.0 cm³/mol. The molecule has 0 aromatic heterocycles. The smallest absolute Gasteiger partial charge is 0.693 e. The predicted octanol–water partition coefficient (Wildman–Crippen LogP) is 1.32. The molecule has 19 heavy (non-hydrogen) atoms. The third-order valence-electron chi connectivity index (χ3n) is 1.96. The van der Waals surface area contributed by atoms with Gasteiger partial charge < -0.3 is 26.1 Å². The SMILES string of the molecule is O=[C-]C(Br)Cc1c(O)cc([PH](=O)O)cc1O.[NH2-].[Zn+2].[Zn]. The zero-order chi connectivity index (χ0) is 12.3. The number of aromatic hydroxyl groups is 2. The van der Waals surface area contributed by atoms with Crippen molar-refractivity contribution in [2.45, 2.75) is 11.2 Å². The first-order chi connectivity index (χ1) is 7.45. The fourth-order valence-electron chi connectivity index (χ4n) is 1.20. The van der Waals surface area contributed by atoms with Crippen LogP contribution in [0.5, 0.6) is 11.5 Å². The van der Waals surface area contributed by atoms with Crippen molar-refractivity contribution in [2.75, 3.05) is 0 Å². The minimum absolute atomic E-state index is 0. The summed E-state index contributed by atoms with van der Waals surface area (Å²) in [6, 6.07) is 2.20. The van der Waals surface area contributed by atoms with Crippen LogP contribution in [-0.2, 0) is 54.7 Å². The van der Waals surface area contributed by atoms with Gasteiger partial charge in [0, 0.05) is 30.3 Å². The van der Waals surface area contributed by atoms with Crippen LogP contribution < -0.4 is 5.30 Å². The van der Waals surface area contributed by atoms with E-state index in [0.717, 1.165) is 12.1 Å². The Hall–Kier alpha value is 0.367. The first-order valence-corrected chi connectivity index (χ1v) is 6.52. The summed E-state index contributed by atoms with van der Waals surface area (Å²) in [6.07, 6.45) is 1.69. The second-order valence-electron chi connectivity index (χ2n) is 3.09. The molecule has 0 aliphatic rings. The van der Waals surface area contributed by atoms with Crippen molar-refractivity contribution in [3.05, 3.63) is 23.8 Å². The molecular formula is C9H11BrNO5PZn2. The van der Waals surface area contributed by atoms with Crippen molar-refractivity contribution in [3.8, 4) is 11.5 Å². The Bertz CT molecular complexity index is 426. The molecule has 0 bridgehead atoms. The third kappa shape index (κ3) is 7.08. The van der Waals surface area contributed by atoms with E-state index in [1.54, 1.807) is 6.29 Å². The van der Waals surface area contributed by atoms with Crippen LogP contribution in [0.1, 0.15) is 5.56 Å². The van der Waals surface area contributed by atoms with Crippen LogP contribution >= 0.6 is 24.0 Å². The minimum Gasteiger partial charge on any atom is -0.693 e. The average molecular weight is 455 g/mol. The molecule has 1 aromatic rings. The van der Waals surface area contributed by atoms with Crippen LogP contribution in [0.3, 0.4) is 0 Å². The maximum absolute atomic E-state index is 10.8. The Morgan fingerprint density at radius 2 is 1.74 bits per heavy atom. The summed E-state index contributed by atoms with van der Waals surface area (Å²) >= 11 is 2.98. The molecular weight excluding hydrogens is 444 g/mol. The van der Waals surface area contributed by atoms with E-state index < -0.39 is 12.9 Å². The minimum atomic E-state index is -2.97. The molecule has 1 rings (SSSR count). The summed E-state index contributed by atoms with van der Waals surface area (Å²) < 4.78 is 10.8. The molecule has 0 spiro atoms. The molecule has 6 nitrogen and oxygen atoms in total. The third-order valence-corrected chi connectivity index (χ3v) is 3.25. The summed E-state index contributed by atoms with van der Waals surface area (Å²) in [6.45, 7) is 0. The number of alkyl halides is 1. The summed E-state index contributed by atoms with van der Waals surface area (Å²) in [7, 11) is -2.97. The van der Waals surface area contributed by atoms with Crippen molar-refractivity contribution < 1.29 is 63.4 Å². The maximum Gasteiger partial charge on any atom is 2.00 e. The average Bonchev–Trinajstić information content (AvgIpc) is 2.22. The standard InChI is InChI=1S/C9H9BrO5P.H2N.2Zn/c10-5(4-11)1-7-8(12)2-6(16(14)15)3-9(7)13;;;/h2-3,5,12-13,16H,1H2,(H,14,15);1H2;;/q2*-1;;+2. The summed E-state index contributed by atoms with van der Waals surface area (Å²) in [5.41, 5.74) is 0.136. The number of benzene rings is 1. The van der Waals surface area contributed by atoms with Crippen LogP contribution in [0.15, 0.2) is 12.1 Å². The fourth-order valence-corrected chi connectivity index (χ4v) is 2.04. The van der Waals surface area contributed by atoms with Crippen molar-refractivity contribution in [2.24, 2.45) is 0 Å². The summed E-state index contributed by atoms with van der Waals surface area (Å²) in [5.74, 6) is -0.635. The molecule has 10 heteroatoms. The van der Waals surface area contributed by atoms with Crippen molar-refractivity contribution in [1.82, 2.24) is 0 Å². The molecule has 0 saturated carbocycles. The number of carbonyl (C=O) groups excluding carboxylic acids is 1. The number of phenolic OH excluding ortho intramolecular Hbond substituents is 2. The topological polar surface area (TPSA) is 128 Å². The number of hydrogen-bond acceptors (Lipinski definition) is 4. The van der Waals surface area contributed by atoms with Gasteiger partial charge in [-0.1, -0.05) is 4.83 Å². The fraction of sp³-hybridized carbons (Fsp3) is 0.222. The van der Waals surface area contributed by atoms with Crippen molar-refractivity contribution in [1.29, 1.82) is 0 Å². The van der Waals surface area contributed by atoms with Crippen LogP contribution in [0, 0.1) is 0 Å². The molecule has 0 radical (unpaired) electrons. The number of rotatable bonds is 4. The first-order valence-electron chi connectivity index (χ1n) is 4.25. The monoisotopic (exact) mass is 451 g/mol. The van der Waals surface area contributed by atoms with E-state index in [-0.39, 0.29) is 73.9 Å². The number of halogens is 1. The second-order valence-corrected chi connectivity index (χ2v) is 5.38. The van der Waals surface area contributed by atoms with Gasteiger partial charge in [-0.2, -0.15) is 0 Å². The zero-order valence-corrected chi connectivity index (χ0v) is 18.5. The van der Waals surface area contributed by atoms with Gasteiger partial charge in [0.2, 0.25) is 8.03 Å². The molecule has 0 amide bonds.